The van der Waals surface area contributed by atoms with Gasteiger partial charge in [-0.2, -0.15) is 0 Å². The molecule has 4 rings (SSSR count). The van der Waals surface area contributed by atoms with E-state index in [2.05, 4.69) is 41.5 Å². The Kier molecular flexibility index (Phi) is 7.25. The Bertz CT molecular complexity index is 1010. The molecule has 0 amide bonds. The fourth-order valence-corrected chi connectivity index (χ4v) is 7.12. The average molecular weight is 513 g/mol. The van der Waals surface area contributed by atoms with E-state index in [0.717, 1.165) is 25.7 Å². The van der Waals surface area contributed by atoms with Gasteiger partial charge in [-0.1, -0.05) is 66.2 Å². The quantitative estimate of drug-likeness (QED) is 0.451. The first kappa shape index (κ1) is 28.3. The summed E-state index contributed by atoms with van der Waals surface area (Å²) in [5.41, 5.74) is -2.36. The molecule has 2 unspecified atom stereocenters. The average Bonchev–Trinajstić information content (AvgIpc) is 3.04. The molecule has 3 aliphatic rings. The fourth-order valence-electron chi connectivity index (χ4n) is 7.12. The van der Waals surface area contributed by atoms with Gasteiger partial charge in [-0.15, -0.1) is 0 Å². The minimum atomic E-state index is -1.36. The molecule has 2 bridgehead atoms. The Morgan fingerprint density at radius 2 is 1.65 bits per heavy atom. The molecule has 0 radical (unpaired) electrons. The molecule has 0 heterocycles. The van der Waals surface area contributed by atoms with Crippen LogP contribution in [0.15, 0.2) is 30.3 Å². The highest BCUT2D eigenvalue weighted by atomic mass is 16.5. The van der Waals surface area contributed by atoms with E-state index in [9.17, 15) is 14.7 Å². The summed E-state index contributed by atoms with van der Waals surface area (Å²) < 4.78 is 13.3. The number of fused-ring (bicyclic) bond motifs is 3. The lowest BCUT2D eigenvalue weighted by molar-refractivity contribution is -0.193. The Morgan fingerprint density at radius 1 is 1.00 bits per heavy atom. The number of carbonyl (C=O) groups excluding carboxylic acids is 2. The number of Topliss-reactive ketones (excluding diaryl/α,β-unsaturated/α-hetero) is 1. The first-order valence-electron chi connectivity index (χ1n) is 14.2. The Hall–Kier alpha value is -1.72. The van der Waals surface area contributed by atoms with Crippen LogP contribution in [0.5, 0.6) is 0 Å². The van der Waals surface area contributed by atoms with Crippen LogP contribution >= 0.6 is 0 Å². The van der Waals surface area contributed by atoms with Crippen molar-refractivity contribution in [1.29, 1.82) is 0 Å². The van der Waals surface area contributed by atoms with Gasteiger partial charge in [0.15, 0.2) is 5.78 Å². The van der Waals surface area contributed by atoms with Crippen molar-refractivity contribution in [1.82, 2.24) is 0 Å². The van der Waals surface area contributed by atoms with Crippen molar-refractivity contribution in [3.8, 4) is 0 Å². The topological polar surface area (TPSA) is 72.8 Å². The van der Waals surface area contributed by atoms with Gasteiger partial charge < -0.3 is 14.6 Å². The van der Waals surface area contributed by atoms with E-state index in [4.69, 9.17) is 9.47 Å². The van der Waals surface area contributed by atoms with Crippen LogP contribution in [0.2, 0.25) is 0 Å². The predicted molar refractivity (Wildman–Crippen MR) is 145 cm³/mol. The SMILES string of the molecule is CC(C)(C)C(C)(C)O[C@H]1CCC[C@@]2(C)[C@H](OC(=O)c3ccccc3)CC3CCC(O)(C(=O)C[C@@H]12)C3(C)C. The van der Waals surface area contributed by atoms with Gasteiger partial charge in [0.05, 0.1) is 17.3 Å². The number of hydrogen-bond acceptors (Lipinski definition) is 5. The second-order valence-electron chi connectivity index (χ2n) is 14.4. The molecule has 1 aromatic rings. The highest BCUT2D eigenvalue weighted by Crippen LogP contribution is 2.59. The molecule has 5 heteroatoms. The van der Waals surface area contributed by atoms with Crippen molar-refractivity contribution in [2.45, 2.75) is 124 Å². The number of ketones is 1. The maximum absolute atomic E-state index is 14.0. The summed E-state index contributed by atoms with van der Waals surface area (Å²) in [5, 5.41) is 11.8. The zero-order valence-electron chi connectivity index (χ0n) is 24.2. The number of carbonyl (C=O) groups is 2. The van der Waals surface area contributed by atoms with Crippen LogP contribution in [0.4, 0.5) is 0 Å². The third kappa shape index (κ3) is 4.80. The lowest BCUT2D eigenvalue weighted by Gasteiger charge is -2.52. The number of esters is 1. The molecule has 0 spiro atoms. The molecule has 3 aliphatic carbocycles. The van der Waals surface area contributed by atoms with E-state index in [1.54, 1.807) is 12.1 Å². The zero-order chi connectivity index (χ0) is 27.4. The van der Waals surface area contributed by atoms with Crippen molar-refractivity contribution < 1.29 is 24.2 Å². The van der Waals surface area contributed by atoms with Crippen LogP contribution in [0.3, 0.4) is 0 Å². The van der Waals surface area contributed by atoms with E-state index in [0.29, 0.717) is 18.4 Å². The van der Waals surface area contributed by atoms with Crippen molar-refractivity contribution in [3.05, 3.63) is 35.9 Å². The summed E-state index contributed by atoms with van der Waals surface area (Å²) in [4.78, 5) is 27.3. The summed E-state index contributed by atoms with van der Waals surface area (Å²) >= 11 is 0. The van der Waals surface area contributed by atoms with E-state index in [1.807, 2.05) is 32.0 Å². The maximum Gasteiger partial charge on any atom is 0.338 e. The third-order valence-electron chi connectivity index (χ3n) is 11.1. The van der Waals surface area contributed by atoms with E-state index >= 15 is 0 Å². The lowest BCUT2D eigenvalue weighted by Crippen LogP contribution is -2.55. The van der Waals surface area contributed by atoms with E-state index < -0.39 is 22.0 Å². The largest absolute Gasteiger partial charge is 0.458 e. The summed E-state index contributed by atoms with van der Waals surface area (Å²) in [6, 6.07) is 9.17. The molecule has 0 aromatic heterocycles. The van der Waals surface area contributed by atoms with Gasteiger partial charge in [0.2, 0.25) is 0 Å². The standard InChI is InChI=1S/C32H48O5/c1-28(2,3)30(6,7)37-24-15-12-17-31(8)23(24)20-25(33)32(35)18-16-22(29(32,4)5)19-26(31)36-27(34)21-13-10-9-11-14-21/h9-11,13-14,22-24,26,35H,12,15-20H2,1-8H3/t22?,23-,24-,26+,31+,32?/m0/s1. The van der Waals surface area contributed by atoms with Crippen LogP contribution in [0.1, 0.15) is 111 Å². The molecule has 206 valence electrons. The number of hydrogen-bond donors (Lipinski definition) is 1. The van der Waals surface area contributed by atoms with Crippen LogP contribution in [-0.2, 0) is 14.3 Å². The van der Waals surface area contributed by atoms with Crippen molar-refractivity contribution in [2.75, 3.05) is 0 Å². The van der Waals surface area contributed by atoms with Gasteiger partial charge in [-0.05, 0) is 69.4 Å². The van der Waals surface area contributed by atoms with Crippen LogP contribution < -0.4 is 0 Å². The van der Waals surface area contributed by atoms with Gasteiger partial charge in [0.1, 0.15) is 11.7 Å². The fraction of sp³-hybridized carbons (Fsp3) is 0.750. The van der Waals surface area contributed by atoms with E-state index in [1.165, 1.54) is 0 Å². The monoisotopic (exact) mass is 512 g/mol. The number of ether oxygens (including phenoxy) is 2. The normalized spacial score (nSPS) is 36.2. The third-order valence-corrected chi connectivity index (χ3v) is 11.1. The highest BCUT2D eigenvalue weighted by Gasteiger charge is 2.62. The Labute approximate surface area is 223 Å². The number of benzene rings is 1. The molecule has 1 aromatic carbocycles. The maximum atomic E-state index is 14.0. The summed E-state index contributed by atoms with van der Waals surface area (Å²) in [6.45, 7) is 17.0. The first-order chi connectivity index (χ1) is 17.0. The second kappa shape index (κ2) is 9.48. The number of rotatable bonds is 4. The minimum absolute atomic E-state index is 0.0738. The zero-order valence-corrected chi connectivity index (χ0v) is 24.2. The van der Waals surface area contributed by atoms with E-state index in [-0.39, 0.29) is 47.6 Å². The molecule has 3 saturated carbocycles. The summed E-state index contributed by atoms with van der Waals surface area (Å²) in [7, 11) is 0. The Balaban J connectivity index is 1.77. The molecule has 6 atom stereocenters. The summed E-state index contributed by atoms with van der Waals surface area (Å²) in [6.07, 6.45) is 4.25. The van der Waals surface area contributed by atoms with Crippen LogP contribution in [0.25, 0.3) is 0 Å². The molecule has 1 N–H and O–H groups in total. The molecular formula is C32H48O5. The van der Waals surface area contributed by atoms with Gasteiger partial charge in [0.25, 0.3) is 0 Å². The van der Waals surface area contributed by atoms with Crippen molar-refractivity contribution in [2.24, 2.45) is 28.1 Å². The number of aliphatic hydroxyl groups is 1. The molecule has 5 nitrogen and oxygen atoms in total. The van der Waals surface area contributed by atoms with Gasteiger partial charge in [-0.25, -0.2) is 4.79 Å². The Morgan fingerprint density at radius 3 is 2.27 bits per heavy atom. The second-order valence-corrected chi connectivity index (χ2v) is 14.4. The lowest BCUT2D eigenvalue weighted by atomic mass is 9.60. The van der Waals surface area contributed by atoms with Gasteiger partial charge in [-0.3, -0.25) is 4.79 Å². The highest BCUT2D eigenvalue weighted by molar-refractivity contribution is 5.90. The molecule has 0 aliphatic heterocycles. The molecule has 3 fully saturated rings. The smallest absolute Gasteiger partial charge is 0.338 e. The minimum Gasteiger partial charge on any atom is -0.458 e. The van der Waals surface area contributed by atoms with Crippen LogP contribution in [-0.4, -0.2) is 40.3 Å². The van der Waals surface area contributed by atoms with Crippen molar-refractivity contribution in [3.63, 3.8) is 0 Å². The molecular weight excluding hydrogens is 464 g/mol. The van der Waals surface area contributed by atoms with Gasteiger partial charge >= 0.3 is 5.97 Å². The van der Waals surface area contributed by atoms with Gasteiger partial charge in [0, 0.05) is 23.2 Å². The van der Waals surface area contributed by atoms with Crippen molar-refractivity contribution >= 4 is 11.8 Å². The first-order valence-corrected chi connectivity index (χ1v) is 14.2. The molecule has 37 heavy (non-hydrogen) atoms. The predicted octanol–water partition coefficient (Wildman–Crippen LogP) is 6.76. The van der Waals surface area contributed by atoms with Crippen LogP contribution in [0, 0.1) is 28.1 Å². The summed E-state index contributed by atoms with van der Waals surface area (Å²) in [5.74, 6) is -0.461. The molecule has 0 saturated heterocycles.